The van der Waals surface area contributed by atoms with E-state index in [0.29, 0.717) is 0 Å². The molecule has 0 saturated heterocycles. The van der Waals surface area contributed by atoms with Gasteiger partial charge < -0.3 is 5.32 Å². The molecule has 0 aliphatic rings. The van der Waals surface area contributed by atoms with Crippen LogP contribution < -0.4 is 5.32 Å². The van der Waals surface area contributed by atoms with Gasteiger partial charge in [0.25, 0.3) is 0 Å². The fourth-order valence-electron chi connectivity index (χ4n) is 1.45. The smallest absolute Gasteiger partial charge is 0.157 e. The van der Waals surface area contributed by atoms with E-state index in [1.165, 1.54) is 0 Å². The van der Waals surface area contributed by atoms with Crippen LogP contribution in [-0.2, 0) is 6.42 Å². The Hall–Kier alpha value is 0.180. The summed E-state index contributed by atoms with van der Waals surface area (Å²) in [7, 11) is 0. The van der Waals surface area contributed by atoms with Gasteiger partial charge in [-0.2, -0.15) is 0 Å². The first-order chi connectivity index (χ1) is 8.85. The lowest BCUT2D eigenvalue weighted by molar-refractivity contribution is 0.429. The number of thiophene rings is 1. The van der Waals surface area contributed by atoms with Crippen molar-refractivity contribution in [1.29, 1.82) is 0 Å². The number of hydrogen-bond acceptors (Lipinski definition) is 5. The summed E-state index contributed by atoms with van der Waals surface area (Å²) in [4.78, 5) is 1.14. The lowest BCUT2D eigenvalue weighted by Crippen LogP contribution is -2.37. The number of rotatable bonds is 4. The van der Waals surface area contributed by atoms with Gasteiger partial charge in [-0.05, 0) is 58.7 Å². The van der Waals surface area contributed by atoms with E-state index in [0.717, 1.165) is 36.1 Å². The molecule has 7 heteroatoms. The van der Waals surface area contributed by atoms with Gasteiger partial charge in [-0.15, -0.1) is 21.5 Å². The van der Waals surface area contributed by atoms with Crippen molar-refractivity contribution in [2.24, 2.45) is 0 Å². The Bertz CT molecular complexity index is 538. The Morgan fingerprint density at radius 3 is 2.53 bits per heavy atom. The second-order valence-corrected chi connectivity index (χ2v) is 9.45. The molecule has 0 fully saturated rings. The van der Waals surface area contributed by atoms with Gasteiger partial charge in [0.2, 0.25) is 0 Å². The summed E-state index contributed by atoms with van der Waals surface area (Å²) in [5, 5.41) is 14.0. The predicted molar refractivity (Wildman–Crippen MR) is 90.1 cm³/mol. The van der Waals surface area contributed by atoms with Crippen LogP contribution in [0.25, 0.3) is 9.88 Å². The first kappa shape index (κ1) is 15.6. The summed E-state index contributed by atoms with van der Waals surface area (Å²) in [5.74, 6) is 0. The molecule has 19 heavy (non-hydrogen) atoms. The number of halogens is 2. The minimum atomic E-state index is 0.150. The molecule has 2 aromatic heterocycles. The Morgan fingerprint density at radius 1 is 1.21 bits per heavy atom. The second-order valence-electron chi connectivity index (χ2n) is 5.16. The number of nitrogens with one attached hydrogen (secondary N) is 1. The van der Waals surface area contributed by atoms with Crippen LogP contribution in [0.4, 0.5) is 0 Å². The molecule has 0 spiro atoms. The maximum absolute atomic E-state index is 4.27. The fourth-order valence-corrected chi connectivity index (χ4v) is 4.37. The van der Waals surface area contributed by atoms with Crippen molar-refractivity contribution in [2.45, 2.75) is 32.7 Å². The summed E-state index contributed by atoms with van der Waals surface area (Å²) < 4.78 is 2.16. The van der Waals surface area contributed by atoms with Crippen LogP contribution in [0.5, 0.6) is 0 Å². The Morgan fingerprint density at radius 2 is 1.95 bits per heavy atom. The molecule has 0 atom stereocenters. The lowest BCUT2D eigenvalue weighted by atomic mass is 10.1. The van der Waals surface area contributed by atoms with Gasteiger partial charge in [-0.1, -0.05) is 11.3 Å². The molecule has 0 aliphatic carbocycles. The zero-order valence-electron chi connectivity index (χ0n) is 11.0. The van der Waals surface area contributed by atoms with Gasteiger partial charge in [-0.3, -0.25) is 0 Å². The molecule has 2 rings (SSSR count). The second kappa shape index (κ2) is 6.30. The number of aromatic nitrogens is 2. The molecule has 0 unspecified atom stereocenters. The van der Waals surface area contributed by atoms with Crippen LogP contribution in [0.15, 0.2) is 14.3 Å². The maximum Gasteiger partial charge on any atom is 0.157 e. The van der Waals surface area contributed by atoms with E-state index in [2.05, 4.69) is 74.2 Å². The Balaban J connectivity index is 1.99. The molecule has 1 N–H and O–H groups in total. The molecule has 0 bridgehead atoms. The van der Waals surface area contributed by atoms with E-state index in [1.807, 2.05) is 0 Å². The molecule has 0 aliphatic heterocycles. The molecule has 2 aromatic rings. The van der Waals surface area contributed by atoms with Crippen molar-refractivity contribution in [2.75, 3.05) is 6.54 Å². The average molecular weight is 425 g/mol. The van der Waals surface area contributed by atoms with E-state index in [9.17, 15) is 0 Å². The lowest BCUT2D eigenvalue weighted by Gasteiger charge is -2.19. The van der Waals surface area contributed by atoms with Crippen LogP contribution in [0, 0.1) is 0 Å². The van der Waals surface area contributed by atoms with E-state index in [-0.39, 0.29) is 5.54 Å². The Kier molecular flexibility index (Phi) is 5.16. The largest absolute Gasteiger partial charge is 0.312 e. The van der Waals surface area contributed by atoms with E-state index < -0.39 is 0 Å². The van der Waals surface area contributed by atoms with Gasteiger partial charge in [0.05, 0.1) is 8.66 Å². The van der Waals surface area contributed by atoms with E-state index >= 15 is 0 Å². The summed E-state index contributed by atoms with van der Waals surface area (Å²) in [6, 6.07) is 2.08. The highest BCUT2D eigenvalue weighted by Crippen LogP contribution is 2.39. The van der Waals surface area contributed by atoms with Gasteiger partial charge in [0.15, 0.2) is 5.01 Å². The van der Waals surface area contributed by atoms with E-state index in [4.69, 9.17) is 0 Å². The molecule has 0 aromatic carbocycles. The standard InChI is InChI=1S/C12H15Br2N3S2/c1-12(2,3)15-5-4-9-16-17-11(19-9)8-6-7(13)10(14)18-8/h6,15H,4-5H2,1-3H3. The predicted octanol–water partition coefficient (Wildman–Crippen LogP) is 4.72. The quantitative estimate of drug-likeness (QED) is 0.771. The van der Waals surface area contributed by atoms with Crippen LogP contribution in [0.2, 0.25) is 0 Å². The van der Waals surface area contributed by atoms with Crippen molar-refractivity contribution in [1.82, 2.24) is 15.5 Å². The van der Waals surface area contributed by atoms with Crippen molar-refractivity contribution in [3.63, 3.8) is 0 Å². The minimum absolute atomic E-state index is 0.150. The number of hydrogen-bond donors (Lipinski definition) is 1. The fraction of sp³-hybridized carbons (Fsp3) is 0.500. The number of nitrogens with zero attached hydrogens (tertiary/aromatic N) is 2. The van der Waals surface area contributed by atoms with Crippen molar-refractivity contribution >= 4 is 54.5 Å². The highest BCUT2D eigenvalue weighted by Gasteiger charge is 2.13. The highest BCUT2D eigenvalue weighted by atomic mass is 79.9. The molecular weight excluding hydrogens is 410 g/mol. The first-order valence-electron chi connectivity index (χ1n) is 5.88. The minimum Gasteiger partial charge on any atom is -0.312 e. The van der Waals surface area contributed by atoms with Gasteiger partial charge in [0, 0.05) is 23.0 Å². The molecule has 0 saturated carbocycles. The monoisotopic (exact) mass is 423 g/mol. The molecule has 104 valence electrons. The topological polar surface area (TPSA) is 37.8 Å². The molecule has 0 radical (unpaired) electrons. The summed E-state index contributed by atoms with van der Waals surface area (Å²) in [6.07, 6.45) is 0.919. The highest BCUT2D eigenvalue weighted by molar-refractivity contribution is 9.13. The summed E-state index contributed by atoms with van der Waals surface area (Å²) in [6.45, 7) is 7.42. The van der Waals surface area contributed by atoms with Gasteiger partial charge >= 0.3 is 0 Å². The zero-order chi connectivity index (χ0) is 14.0. The third-order valence-electron chi connectivity index (χ3n) is 2.32. The van der Waals surface area contributed by atoms with Crippen molar-refractivity contribution < 1.29 is 0 Å². The Labute approximate surface area is 138 Å². The normalized spacial score (nSPS) is 12.1. The third-order valence-corrected chi connectivity index (χ3v) is 6.73. The average Bonchev–Trinajstić information content (AvgIpc) is 2.85. The van der Waals surface area contributed by atoms with Crippen molar-refractivity contribution in [3.05, 3.63) is 19.3 Å². The van der Waals surface area contributed by atoms with Crippen LogP contribution in [-0.4, -0.2) is 22.3 Å². The SMILES string of the molecule is CC(C)(C)NCCc1nnc(-c2cc(Br)c(Br)s2)s1. The van der Waals surface area contributed by atoms with Crippen LogP contribution in [0.3, 0.4) is 0 Å². The van der Waals surface area contributed by atoms with E-state index in [1.54, 1.807) is 22.7 Å². The van der Waals surface area contributed by atoms with Crippen LogP contribution >= 0.6 is 54.5 Å². The molecular formula is C12H15Br2N3S2. The van der Waals surface area contributed by atoms with Gasteiger partial charge in [-0.25, -0.2) is 0 Å². The van der Waals surface area contributed by atoms with Crippen molar-refractivity contribution in [3.8, 4) is 9.88 Å². The first-order valence-corrected chi connectivity index (χ1v) is 9.10. The molecule has 2 heterocycles. The zero-order valence-corrected chi connectivity index (χ0v) is 15.8. The van der Waals surface area contributed by atoms with Crippen LogP contribution in [0.1, 0.15) is 25.8 Å². The van der Waals surface area contributed by atoms with Gasteiger partial charge in [0.1, 0.15) is 5.01 Å². The summed E-state index contributed by atoms with van der Waals surface area (Å²) in [5.41, 5.74) is 0.150. The molecule has 0 amide bonds. The maximum atomic E-state index is 4.27. The third kappa shape index (κ3) is 4.60. The molecule has 3 nitrogen and oxygen atoms in total. The summed E-state index contributed by atoms with van der Waals surface area (Å²) >= 11 is 10.3.